The number of fused-ring (bicyclic) bond motifs is 9. The van der Waals surface area contributed by atoms with Crippen molar-refractivity contribution in [2.45, 2.75) is 75.8 Å². The quantitative estimate of drug-likeness (QED) is 0.173. The van der Waals surface area contributed by atoms with Gasteiger partial charge < -0.3 is 24.5 Å². The van der Waals surface area contributed by atoms with Crippen LogP contribution < -0.4 is 0 Å². The molecule has 6 heterocycles. The minimum Gasteiger partial charge on any atom is -0.508 e. The van der Waals surface area contributed by atoms with E-state index in [0.29, 0.717) is 24.7 Å². The topological polar surface area (TPSA) is 111 Å². The van der Waals surface area contributed by atoms with E-state index in [9.17, 15) is 14.7 Å². The molecule has 1 saturated carbocycles. The van der Waals surface area contributed by atoms with Gasteiger partial charge in [0.1, 0.15) is 11.2 Å². The first-order valence-electron chi connectivity index (χ1n) is 18.9. The standard InChI is InChI=1S/C42H50N4O5/c1-6-23-14-22-19-42(41(49)51-5)38-26(12-13-46(20-22)39(23)42)28-16-29(35(47)18-33(28)44-38)30-15-27-24(7-2)21-45(3)34(36(27)40(48)50-4)17-31-25-10-8-9-11-32(25)43-37(30)31/h7-11,16,18,22-23,27,30,34,36,39,43-44,47H,6,12-15,17,19-21H2,1-5H3. The first kappa shape index (κ1) is 32.8. The number of para-hydroxylation sites is 1. The Morgan fingerprint density at radius 2 is 1.88 bits per heavy atom. The number of aromatic hydroxyl groups is 1. The van der Waals surface area contributed by atoms with Crippen molar-refractivity contribution in [2.75, 3.05) is 40.9 Å². The fourth-order valence-corrected chi connectivity index (χ4v) is 11.9. The summed E-state index contributed by atoms with van der Waals surface area (Å²) in [5.74, 6) is 0.169. The molecule has 9 nitrogen and oxygen atoms in total. The van der Waals surface area contributed by atoms with E-state index in [1.165, 1.54) is 30.9 Å². The van der Waals surface area contributed by atoms with Crippen LogP contribution in [0.25, 0.3) is 21.8 Å². The highest BCUT2D eigenvalue weighted by Crippen LogP contribution is 2.56. The molecule has 2 aromatic heterocycles. The maximum absolute atomic E-state index is 14.1. The fourth-order valence-electron chi connectivity index (χ4n) is 11.9. The van der Waals surface area contributed by atoms with Gasteiger partial charge in [-0.2, -0.15) is 0 Å². The molecule has 6 aliphatic rings. The van der Waals surface area contributed by atoms with E-state index in [1.54, 1.807) is 0 Å². The van der Waals surface area contributed by atoms with Gasteiger partial charge in [-0.3, -0.25) is 19.4 Å². The Morgan fingerprint density at radius 3 is 2.65 bits per heavy atom. The summed E-state index contributed by atoms with van der Waals surface area (Å²) in [5.41, 5.74) is 7.69. The zero-order chi connectivity index (χ0) is 35.3. The van der Waals surface area contributed by atoms with Crippen molar-refractivity contribution < 1.29 is 24.2 Å². The molecule has 9 atom stereocenters. The number of aromatic nitrogens is 2. The highest BCUT2D eigenvalue weighted by molar-refractivity contribution is 5.93. The number of benzene rings is 2. The molecule has 51 heavy (non-hydrogen) atoms. The number of rotatable bonds is 4. The van der Waals surface area contributed by atoms with Gasteiger partial charge >= 0.3 is 11.9 Å². The van der Waals surface area contributed by atoms with E-state index >= 15 is 0 Å². The number of esters is 2. The largest absolute Gasteiger partial charge is 0.508 e. The predicted molar refractivity (Wildman–Crippen MR) is 197 cm³/mol. The molecule has 6 bridgehead atoms. The van der Waals surface area contributed by atoms with Gasteiger partial charge in [-0.15, -0.1) is 0 Å². The number of hydrogen-bond acceptors (Lipinski definition) is 7. The van der Waals surface area contributed by atoms with Crippen LogP contribution in [0.3, 0.4) is 0 Å². The lowest BCUT2D eigenvalue weighted by atomic mass is 9.56. The number of likely N-dealkylation sites (tertiary alicyclic amines) is 1. The van der Waals surface area contributed by atoms with Gasteiger partial charge in [0, 0.05) is 82.5 Å². The molecule has 0 spiro atoms. The number of aromatic amines is 2. The summed E-state index contributed by atoms with van der Waals surface area (Å²) in [6.07, 6.45) is 7.31. The molecule has 9 unspecified atom stereocenters. The number of carbonyl (C=O) groups is 2. The van der Waals surface area contributed by atoms with Crippen molar-refractivity contribution in [3.63, 3.8) is 0 Å². The summed E-state index contributed by atoms with van der Waals surface area (Å²) in [6, 6.07) is 12.6. The Bertz CT molecular complexity index is 2090. The third kappa shape index (κ3) is 4.59. The molecule has 4 aliphatic heterocycles. The van der Waals surface area contributed by atoms with Gasteiger partial charge in [0.25, 0.3) is 0 Å². The molecular formula is C42H50N4O5. The summed E-state index contributed by atoms with van der Waals surface area (Å²) in [5, 5.41) is 14.3. The molecule has 9 heteroatoms. The summed E-state index contributed by atoms with van der Waals surface area (Å²) in [7, 11) is 5.15. The number of methoxy groups -OCH3 is 2. The number of H-pyrrole nitrogens is 2. The van der Waals surface area contributed by atoms with Crippen molar-refractivity contribution in [1.82, 2.24) is 19.8 Å². The van der Waals surface area contributed by atoms with Crippen LogP contribution in [0.5, 0.6) is 5.75 Å². The van der Waals surface area contributed by atoms with Crippen LogP contribution in [-0.4, -0.2) is 89.8 Å². The zero-order valence-electron chi connectivity index (χ0n) is 30.4. The van der Waals surface area contributed by atoms with Crippen LogP contribution in [0.15, 0.2) is 48.0 Å². The number of phenolic OH excluding ortho intramolecular Hbond substituents is 1. The molecule has 268 valence electrons. The van der Waals surface area contributed by atoms with Crippen molar-refractivity contribution in [2.24, 2.45) is 23.7 Å². The lowest BCUT2D eigenvalue weighted by Gasteiger charge is -2.57. The van der Waals surface area contributed by atoms with Crippen molar-refractivity contribution >= 4 is 33.7 Å². The molecular weight excluding hydrogens is 640 g/mol. The molecule has 4 aromatic rings. The summed E-state index contributed by atoms with van der Waals surface area (Å²) < 4.78 is 11.2. The number of allylic oxidation sites excluding steroid dienone is 1. The Kier molecular flexibility index (Phi) is 7.71. The minimum atomic E-state index is -0.764. The highest BCUT2D eigenvalue weighted by Gasteiger charge is 2.62. The molecule has 3 N–H and O–H groups in total. The van der Waals surface area contributed by atoms with Crippen molar-refractivity contribution in [3.05, 3.63) is 76.1 Å². The van der Waals surface area contributed by atoms with Gasteiger partial charge in [0.15, 0.2) is 0 Å². The number of ether oxygens (including phenoxy) is 2. The number of piperidine rings is 3. The smallest absolute Gasteiger partial charge is 0.319 e. The van der Waals surface area contributed by atoms with Crippen molar-refractivity contribution in [1.29, 1.82) is 0 Å². The van der Waals surface area contributed by atoms with E-state index < -0.39 is 5.41 Å². The monoisotopic (exact) mass is 690 g/mol. The summed E-state index contributed by atoms with van der Waals surface area (Å²) in [6.45, 7) is 7.03. The van der Waals surface area contributed by atoms with E-state index in [1.807, 2.05) is 6.07 Å². The lowest BCUT2D eigenvalue weighted by molar-refractivity contribution is -0.162. The maximum atomic E-state index is 14.1. The second kappa shape index (κ2) is 12.0. The zero-order valence-corrected chi connectivity index (χ0v) is 30.4. The van der Waals surface area contributed by atoms with E-state index in [-0.39, 0.29) is 47.5 Å². The number of hydrogen-bond donors (Lipinski definition) is 3. The second-order valence-corrected chi connectivity index (χ2v) is 16.1. The van der Waals surface area contributed by atoms with E-state index in [2.05, 4.69) is 77.1 Å². The maximum Gasteiger partial charge on any atom is 0.319 e. The van der Waals surface area contributed by atoms with E-state index in [0.717, 1.165) is 84.1 Å². The van der Waals surface area contributed by atoms with Gasteiger partial charge in [-0.25, -0.2) is 0 Å². The fraction of sp³-hybridized carbons (Fsp3) is 0.524. The number of nitrogens with one attached hydrogen (secondary N) is 2. The Balaban J connectivity index is 1.26. The summed E-state index contributed by atoms with van der Waals surface area (Å²) in [4.78, 5) is 40.3. The molecule has 4 fully saturated rings. The van der Waals surface area contributed by atoms with Gasteiger partial charge in [0.2, 0.25) is 0 Å². The van der Waals surface area contributed by atoms with Crippen LogP contribution in [0.4, 0.5) is 0 Å². The third-order valence-electron chi connectivity index (χ3n) is 13.9. The Labute approximate surface area is 299 Å². The molecule has 0 amide bonds. The van der Waals surface area contributed by atoms with Crippen LogP contribution in [0.2, 0.25) is 0 Å². The van der Waals surface area contributed by atoms with Crippen molar-refractivity contribution in [3.8, 4) is 5.75 Å². The second-order valence-electron chi connectivity index (χ2n) is 16.1. The van der Waals surface area contributed by atoms with Crippen LogP contribution in [0, 0.1) is 23.7 Å². The first-order chi connectivity index (χ1) is 24.7. The number of nitrogens with zero attached hydrogens (tertiary/aromatic N) is 2. The molecule has 2 aromatic carbocycles. The van der Waals surface area contributed by atoms with Gasteiger partial charge in [-0.1, -0.05) is 43.2 Å². The number of carbonyl (C=O) groups excluding carboxylic acids is 2. The number of likely N-dealkylation sites (N-methyl/N-ethyl adjacent to an activating group) is 1. The average Bonchev–Trinajstić information content (AvgIpc) is 3.66. The van der Waals surface area contributed by atoms with Crippen LogP contribution >= 0.6 is 0 Å². The average molecular weight is 691 g/mol. The molecule has 10 rings (SSSR count). The van der Waals surface area contributed by atoms with Gasteiger partial charge in [-0.05, 0) is 87.1 Å². The molecule has 0 radical (unpaired) electrons. The van der Waals surface area contributed by atoms with Gasteiger partial charge in [0.05, 0.1) is 20.1 Å². The molecule has 3 saturated heterocycles. The first-order valence-corrected chi connectivity index (χ1v) is 18.9. The van der Waals surface area contributed by atoms with E-state index in [4.69, 9.17) is 9.47 Å². The predicted octanol–water partition coefficient (Wildman–Crippen LogP) is 6.19. The van der Waals surface area contributed by atoms with Crippen LogP contribution in [0.1, 0.15) is 73.5 Å². The SMILES string of the molecule is CC=C1CN(C)C2Cc3c([nH]c4ccccc34)C(c3cc4c5c([nH]c4cc3O)C3(C(=O)OC)CC4CC(CC)C3N(CC5)C4)CC1C2C(=O)OC. The molecule has 2 aliphatic carbocycles. The Morgan fingerprint density at radius 1 is 1.06 bits per heavy atom. The summed E-state index contributed by atoms with van der Waals surface area (Å²) >= 11 is 0. The number of phenols is 1. The lowest BCUT2D eigenvalue weighted by Crippen LogP contribution is -2.67. The van der Waals surface area contributed by atoms with Crippen LogP contribution in [-0.2, 0) is 37.3 Å². The third-order valence-corrected chi connectivity index (χ3v) is 13.9. The Hall–Kier alpha value is -4.08. The normalized spacial score (nSPS) is 33.7. The highest BCUT2D eigenvalue weighted by atomic mass is 16.5. The minimum absolute atomic E-state index is 0.0206.